The summed E-state index contributed by atoms with van der Waals surface area (Å²) in [5.41, 5.74) is 6.03. The fourth-order valence-electron chi connectivity index (χ4n) is 11.6. The number of rotatable bonds is 28. The van der Waals surface area contributed by atoms with E-state index in [9.17, 15) is 0 Å². The maximum atomic E-state index is 7.82. The summed E-state index contributed by atoms with van der Waals surface area (Å²) < 4.78 is 67.5. The highest BCUT2D eigenvalue weighted by atomic mass is 31.1. The molecule has 10 atom stereocenters. The maximum Gasteiger partial charge on any atom is 0.190 e. The number of hydrogen-bond acceptors (Lipinski definition) is 9. The predicted octanol–water partition coefficient (Wildman–Crippen LogP) is 14.2. The number of hydrogen-bond donors (Lipinski definition) is 0. The van der Waals surface area contributed by atoms with E-state index in [0.29, 0.717) is 25.5 Å². The first-order valence-electron chi connectivity index (χ1n) is 30.8. The molecular weight excluding hydrogens is 1140 g/mol. The van der Waals surface area contributed by atoms with Crippen LogP contribution in [0.3, 0.4) is 0 Å². The van der Waals surface area contributed by atoms with Crippen LogP contribution >= 0.6 is 15.8 Å². The van der Waals surface area contributed by atoms with Gasteiger partial charge in [-0.15, -0.1) is 0 Å². The van der Waals surface area contributed by atoms with Gasteiger partial charge in [-0.25, -0.2) is 0 Å². The second-order valence-electron chi connectivity index (χ2n) is 22.4. The van der Waals surface area contributed by atoms with E-state index in [2.05, 4.69) is 194 Å². The third-order valence-electron chi connectivity index (χ3n) is 16.2. The van der Waals surface area contributed by atoms with Crippen LogP contribution in [0, 0.1) is 0 Å². The van der Waals surface area contributed by atoms with Crippen LogP contribution in [0.4, 0.5) is 0 Å². The van der Waals surface area contributed by atoms with Gasteiger partial charge in [0.05, 0.1) is 51.8 Å². The van der Waals surface area contributed by atoms with E-state index in [4.69, 9.17) is 42.6 Å². The second kappa shape index (κ2) is 32.4. The lowest BCUT2D eigenvalue weighted by atomic mass is 9.97. The van der Waals surface area contributed by atoms with Crippen molar-refractivity contribution in [2.45, 2.75) is 101 Å². The topological polar surface area (TPSA) is 83.1 Å². The van der Waals surface area contributed by atoms with Crippen LogP contribution in [0.25, 0.3) is 0 Å². The molecule has 0 bridgehead atoms. The van der Waals surface area contributed by atoms with Gasteiger partial charge < -0.3 is 42.6 Å². The molecule has 11 heteroatoms. The Labute approximate surface area is 527 Å². The molecule has 2 heterocycles. The van der Waals surface area contributed by atoms with Crippen LogP contribution in [0.2, 0.25) is 0 Å². The lowest BCUT2D eigenvalue weighted by Crippen LogP contribution is -2.66. The van der Waals surface area contributed by atoms with Gasteiger partial charge in [0, 0.05) is 12.3 Å². The minimum Gasteiger partial charge on any atom is -0.368 e. The van der Waals surface area contributed by atoms with Crippen LogP contribution in [0.15, 0.2) is 303 Å². The zero-order valence-corrected chi connectivity index (χ0v) is 51.7. The Balaban J connectivity index is 1.00. The van der Waals surface area contributed by atoms with E-state index >= 15 is 0 Å². The molecule has 0 aliphatic carbocycles. The van der Waals surface area contributed by atoms with Crippen LogP contribution in [0.1, 0.15) is 33.4 Å². The Morgan fingerprint density at radius 2 is 0.416 bits per heavy atom. The normalized spacial score (nSPS) is 21.8. The monoisotopic (exact) mass is 1220 g/mol. The summed E-state index contributed by atoms with van der Waals surface area (Å²) >= 11 is 0. The summed E-state index contributed by atoms with van der Waals surface area (Å²) in [6, 6.07) is 105. The molecule has 0 saturated carbocycles. The molecule has 0 unspecified atom stereocenters. The van der Waals surface area contributed by atoms with Crippen LogP contribution < -0.4 is 21.2 Å². The fraction of sp³-hybridized carbons (Fsp3) is 0.231. The van der Waals surface area contributed by atoms with E-state index in [0.717, 1.165) is 33.4 Å². The van der Waals surface area contributed by atoms with Crippen molar-refractivity contribution in [3.05, 3.63) is 337 Å². The van der Waals surface area contributed by atoms with E-state index in [1.165, 1.54) is 21.2 Å². The predicted molar refractivity (Wildman–Crippen MR) is 356 cm³/mol. The van der Waals surface area contributed by atoms with E-state index in [1.807, 2.05) is 109 Å². The fourth-order valence-corrected chi connectivity index (χ4v) is 16.5. The standard InChI is InChI=1S/C78H76O9P2/c1-11-31-59(32-12-1)51-79-71-69(57-88(65-43-23-7-24-44-65)66-45-25-8-26-46-66)85-77(75(83-55-63-39-19-5-20-40-63)73(71)81-53-61-35-15-3-16-36-61)87-78-76(84-56-64-41-21-6-22-42-64)74(82-54-62-37-17-4-18-38-62)72(80-52-60-33-13-2-14-34-60)70(86-78)58-89(67-47-27-9-28-48-67)68-49-29-10-30-50-68/h1-50,69-78H,51-58H2/t69-,70-,71-,72-,73+,74+,75-,76-,77-,78-/m1/s1. The summed E-state index contributed by atoms with van der Waals surface area (Å²) in [5.74, 6) is 0. The zero-order valence-electron chi connectivity index (χ0n) is 49.9. The highest BCUT2D eigenvalue weighted by molar-refractivity contribution is 7.73. The zero-order chi connectivity index (χ0) is 60.1. The first-order valence-corrected chi connectivity index (χ1v) is 33.9. The van der Waals surface area contributed by atoms with Crippen molar-refractivity contribution in [3.63, 3.8) is 0 Å². The van der Waals surface area contributed by atoms with Crippen LogP contribution in [-0.4, -0.2) is 73.7 Å². The van der Waals surface area contributed by atoms with Gasteiger partial charge in [0.25, 0.3) is 0 Å². The third kappa shape index (κ3) is 17.2. The Morgan fingerprint density at radius 3 is 0.640 bits per heavy atom. The van der Waals surface area contributed by atoms with Gasteiger partial charge in [-0.3, -0.25) is 0 Å². The van der Waals surface area contributed by atoms with Crippen molar-refractivity contribution in [1.29, 1.82) is 0 Å². The Morgan fingerprint density at radius 1 is 0.225 bits per heavy atom. The molecule has 0 amide bonds. The minimum atomic E-state index is -1.11. The van der Waals surface area contributed by atoms with Crippen molar-refractivity contribution in [2.24, 2.45) is 0 Å². The molecule has 2 aliphatic rings. The lowest BCUT2D eigenvalue weighted by molar-refractivity contribution is -0.388. The Kier molecular flexibility index (Phi) is 22.6. The highest BCUT2D eigenvalue weighted by Crippen LogP contribution is 2.44. The van der Waals surface area contributed by atoms with Gasteiger partial charge in [-0.2, -0.15) is 0 Å². The average molecular weight is 1220 g/mol. The van der Waals surface area contributed by atoms with Crippen molar-refractivity contribution in [1.82, 2.24) is 0 Å². The lowest BCUT2D eigenvalue weighted by Gasteiger charge is -2.50. The van der Waals surface area contributed by atoms with E-state index < -0.39 is 77.3 Å². The molecule has 2 aliphatic heterocycles. The van der Waals surface area contributed by atoms with Crippen molar-refractivity contribution in [2.75, 3.05) is 12.3 Å². The van der Waals surface area contributed by atoms with E-state index in [-0.39, 0.29) is 26.4 Å². The molecule has 0 spiro atoms. The van der Waals surface area contributed by atoms with Crippen molar-refractivity contribution < 1.29 is 42.6 Å². The molecule has 9 nitrogen and oxygen atoms in total. The molecule has 89 heavy (non-hydrogen) atoms. The number of ether oxygens (including phenoxy) is 9. The van der Waals surface area contributed by atoms with E-state index in [1.54, 1.807) is 0 Å². The molecule has 0 radical (unpaired) electrons. The van der Waals surface area contributed by atoms with Gasteiger partial charge in [0.2, 0.25) is 0 Å². The van der Waals surface area contributed by atoms with Gasteiger partial charge in [0.1, 0.15) is 36.6 Å². The highest BCUT2D eigenvalue weighted by Gasteiger charge is 2.55. The van der Waals surface area contributed by atoms with Gasteiger partial charge in [-0.1, -0.05) is 303 Å². The summed E-state index contributed by atoms with van der Waals surface area (Å²) in [6.07, 6.45) is -6.85. The first-order chi connectivity index (χ1) is 44.1. The third-order valence-corrected chi connectivity index (χ3v) is 21.3. The van der Waals surface area contributed by atoms with Crippen LogP contribution in [-0.2, 0) is 82.3 Å². The largest absolute Gasteiger partial charge is 0.368 e. The van der Waals surface area contributed by atoms with Crippen LogP contribution in [0.5, 0.6) is 0 Å². The average Bonchev–Trinajstić information content (AvgIpc) is 1.75. The van der Waals surface area contributed by atoms with Gasteiger partial charge >= 0.3 is 0 Å². The SMILES string of the molecule is c1ccc(CO[C@@H]2[C@@H](OCc3ccccc3)[C@@H](O[C@H]3O[C@H](CP(c4ccccc4)c4ccccc4)[C@@H](OCc4ccccc4)[C@H](OCc4ccccc4)[C@H]3OCc3ccccc3)O[C@H](CP(c3ccccc3)c3ccccc3)[C@H]2OCc2ccccc2)cc1. The molecule has 0 N–H and O–H groups in total. The summed E-state index contributed by atoms with van der Waals surface area (Å²) in [4.78, 5) is 0. The second-order valence-corrected chi connectivity index (χ2v) is 26.9. The molecule has 0 aromatic heterocycles. The van der Waals surface area contributed by atoms with Gasteiger partial charge in [-0.05, 0) is 70.4 Å². The Bertz CT molecular complexity index is 3260. The molecule has 452 valence electrons. The molecule has 10 aromatic carbocycles. The minimum absolute atomic E-state index is 0.232. The maximum absolute atomic E-state index is 7.82. The van der Waals surface area contributed by atoms with Crippen molar-refractivity contribution in [3.8, 4) is 0 Å². The molecule has 2 fully saturated rings. The number of benzene rings is 10. The molecular formula is C78H76O9P2. The Hall–Kier alpha value is -7.30. The van der Waals surface area contributed by atoms with Crippen molar-refractivity contribution >= 4 is 37.1 Å². The smallest absolute Gasteiger partial charge is 0.190 e. The molecule has 10 aromatic rings. The first kappa shape index (κ1) is 61.9. The summed E-state index contributed by atoms with van der Waals surface area (Å²) in [6.45, 7) is 1.63. The molecule has 12 rings (SSSR count). The quantitative estimate of drug-likeness (QED) is 0.0445. The summed E-state index contributed by atoms with van der Waals surface area (Å²) in [5, 5.41) is 4.84. The summed E-state index contributed by atoms with van der Waals surface area (Å²) in [7, 11) is -2.10. The van der Waals surface area contributed by atoms with Gasteiger partial charge in [0.15, 0.2) is 12.6 Å². The molecule has 2 saturated heterocycles.